The average molecular weight is 240 g/mol. The van der Waals surface area contributed by atoms with Crippen LogP contribution >= 0.6 is 0 Å². The summed E-state index contributed by atoms with van der Waals surface area (Å²) in [5.74, 6) is -0.357. The minimum Gasteiger partial charge on any atom is -0.465 e. The van der Waals surface area contributed by atoms with Crippen molar-refractivity contribution < 1.29 is 19.1 Å². The van der Waals surface area contributed by atoms with Crippen LogP contribution in [0.2, 0.25) is 0 Å². The zero-order valence-corrected chi connectivity index (χ0v) is 10.4. The topological polar surface area (TPSA) is 52.6 Å². The minimum absolute atomic E-state index is 0.178. The molecule has 1 heterocycles. The van der Waals surface area contributed by atoms with Crippen LogP contribution in [0.1, 0.15) is 45.4 Å². The van der Waals surface area contributed by atoms with Crippen molar-refractivity contribution in [3.05, 3.63) is 11.6 Å². The number of rotatable bonds is 0. The molecule has 0 fully saturated rings. The van der Waals surface area contributed by atoms with Gasteiger partial charge in [0, 0.05) is 19.3 Å². The van der Waals surface area contributed by atoms with Gasteiger partial charge in [-0.15, -0.1) is 0 Å². The fraction of sp³-hybridized carbons (Fsp3) is 0.692. The molecule has 0 aromatic carbocycles. The van der Waals surface area contributed by atoms with Gasteiger partial charge < -0.3 is 9.47 Å². The van der Waals surface area contributed by atoms with Crippen LogP contribution in [-0.4, -0.2) is 25.2 Å². The predicted molar refractivity (Wildman–Crippen MR) is 63.4 cm³/mol. The second-order valence-electron chi connectivity index (χ2n) is 4.24. The van der Waals surface area contributed by atoms with Crippen molar-refractivity contribution in [3.8, 4) is 0 Å². The van der Waals surface area contributed by atoms with Gasteiger partial charge in [-0.3, -0.25) is 9.59 Å². The maximum Gasteiger partial charge on any atom is 0.305 e. The van der Waals surface area contributed by atoms with E-state index in [9.17, 15) is 9.59 Å². The molecule has 1 aliphatic heterocycles. The van der Waals surface area contributed by atoms with E-state index in [0.29, 0.717) is 38.9 Å². The predicted octanol–water partition coefficient (Wildman–Crippen LogP) is 2.37. The Morgan fingerprint density at radius 1 is 0.941 bits per heavy atom. The molecule has 0 amide bonds. The van der Waals surface area contributed by atoms with Gasteiger partial charge in [-0.2, -0.15) is 0 Å². The third-order valence-corrected chi connectivity index (χ3v) is 2.64. The van der Waals surface area contributed by atoms with Gasteiger partial charge in [0.2, 0.25) is 0 Å². The molecule has 17 heavy (non-hydrogen) atoms. The van der Waals surface area contributed by atoms with Gasteiger partial charge in [0.1, 0.15) is 0 Å². The number of hydrogen-bond acceptors (Lipinski definition) is 4. The summed E-state index contributed by atoms with van der Waals surface area (Å²) in [7, 11) is 0. The Morgan fingerprint density at radius 3 is 2.18 bits per heavy atom. The Labute approximate surface area is 102 Å². The summed E-state index contributed by atoms with van der Waals surface area (Å²) < 4.78 is 10.2. The molecule has 1 rings (SSSR count). The highest BCUT2D eigenvalue weighted by Gasteiger charge is 2.06. The summed E-state index contributed by atoms with van der Waals surface area (Å²) in [4.78, 5) is 22.5. The first-order valence-corrected chi connectivity index (χ1v) is 6.15. The first-order valence-electron chi connectivity index (χ1n) is 6.15. The van der Waals surface area contributed by atoms with Gasteiger partial charge in [-0.25, -0.2) is 0 Å². The molecule has 96 valence electrons. The number of carbonyl (C=O) groups is 2. The van der Waals surface area contributed by atoms with Gasteiger partial charge in [0.05, 0.1) is 13.2 Å². The molecule has 0 spiro atoms. The fourth-order valence-electron chi connectivity index (χ4n) is 1.59. The molecule has 0 bridgehead atoms. The Bertz CT molecular complexity index is 294. The van der Waals surface area contributed by atoms with E-state index < -0.39 is 0 Å². The van der Waals surface area contributed by atoms with E-state index in [0.717, 1.165) is 18.4 Å². The van der Waals surface area contributed by atoms with E-state index in [2.05, 4.69) is 0 Å². The van der Waals surface area contributed by atoms with Crippen molar-refractivity contribution in [2.45, 2.75) is 45.4 Å². The number of cyclic esters (lactones) is 2. The molecule has 0 aromatic rings. The van der Waals surface area contributed by atoms with Crippen LogP contribution in [0.25, 0.3) is 0 Å². The fourth-order valence-corrected chi connectivity index (χ4v) is 1.59. The smallest absolute Gasteiger partial charge is 0.305 e. The van der Waals surface area contributed by atoms with Crippen molar-refractivity contribution in [1.29, 1.82) is 0 Å². The van der Waals surface area contributed by atoms with Crippen molar-refractivity contribution in [1.82, 2.24) is 0 Å². The summed E-state index contributed by atoms with van der Waals surface area (Å²) in [6.07, 6.45) is 5.63. The van der Waals surface area contributed by atoms with Crippen LogP contribution in [0.4, 0.5) is 0 Å². The molecular formula is C13H20O4. The molecule has 0 saturated heterocycles. The lowest BCUT2D eigenvalue weighted by atomic mass is 10.2. The number of carbonyl (C=O) groups excluding carboxylic acids is 2. The van der Waals surface area contributed by atoms with Crippen molar-refractivity contribution in [2.24, 2.45) is 0 Å². The highest BCUT2D eigenvalue weighted by atomic mass is 16.5. The van der Waals surface area contributed by atoms with Gasteiger partial charge in [-0.1, -0.05) is 11.6 Å². The van der Waals surface area contributed by atoms with Crippen LogP contribution < -0.4 is 0 Å². The zero-order valence-electron chi connectivity index (χ0n) is 10.4. The molecule has 0 aliphatic carbocycles. The van der Waals surface area contributed by atoms with Gasteiger partial charge in [0.15, 0.2) is 0 Å². The summed E-state index contributed by atoms with van der Waals surface area (Å²) in [6, 6.07) is 0. The molecule has 1 aliphatic rings. The first-order chi connectivity index (χ1) is 8.18. The Balaban J connectivity index is 2.42. The van der Waals surface area contributed by atoms with E-state index in [4.69, 9.17) is 9.47 Å². The zero-order chi connectivity index (χ0) is 12.5. The third-order valence-electron chi connectivity index (χ3n) is 2.64. The molecule has 0 saturated carbocycles. The number of hydrogen-bond donors (Lipinski definition) is 0. The van der Waals surface area contributed by atoms with Gasteiger partial charge in [0.25, 0.3) is 0 Å². The van der Waals surface area contributed by atoms with E-state index in [-0.39, 0.29) is 11.9 Å². The number of ether oxygens (including phenoxy) is 2. The summed E-state index contributed by atoms with van der Waals surface area (Å²) in [6.45, 7) is 2.87. The number of esters is 2. The van der Waals surface area contributed by atoms with Crippen molar-refractivity contribution >= 4 is 11.9 Å². The molecule has 0 radical (unpaired) electrons. The lowest BCUT2D eigenvalue weighted by Crippen LogP contribution is -2.09. The van der Waals surface area contributed by atoms with Crippen molar-refractivity contribution in [2.75, 3.05) is 13.2 Å². The molecule has 0 N–H and O–H groups in total. The molecule has 0 unspecified atom stereocenters. The van der Waals surface area contributed by atoms with Gasteiger partial charge >= 0.3 is 11.9 Å². The SMILES string of the molecule is CC1=CCCOC(=O)CCCCC(=O)OCC1. The van der Waals surface area contributed by atoms with Gasteiger partial charge in [-0.05, 0) is 26.2 Å². The Hall–Kier alpha value is -1.32. The van der Waals surface area contributed by atoms with Crippen molar-refractivity contribution in [3.63, 3.8) is 0 Å². The molecular weight excluding hydrogens is 220 g/mol. The second kappa shape index (κ2) is 7.87. The monoisotopic (exact) mass is 240 g/mol. The lowest BCUT2D eigenvalue weighted by Gasteiger charge is -2.07. The Morgan fingerprint density at radius 2 is 1.53 bits per heavy atom. The largest absolute Gasteiger partial charge is 0.465 e. The standard InChI is InChI=1S/C13H20O4/c1-11-5-4-9-16-12(14)6-2-3-7-13(15)17-10-8-11/h5H,2-4,6-10H2,1H3. The maximum absolute atomic E-state index is 11.3. The molecule has 0 atom stereocenters. The second-order valence-corrected chi connectivity index (χ2v) is 4.24. The normalized spacial score (nSPS) is 20.9. The summed E-state index contributed by atoms with van der Waals surface area (Å²) in [5, 5.41) is 0. The van der Waals surface area contributed by atoms with E-state index >= 15 is 0 Å². The third kappa shape index (κ3) is 6.76. The summed E-state index contributed by atoms with van der Waals surface area (Å²) in [5.41, 5.74) is 1.16. The minimum atomic E-state index is -0.179. The van der Waals surface area contributed by atoms with E-state index in [1.54, 1.807) is 0 Å². The maximum atomic E-state index is 11.3. The average Bonchev–Trinajstić information content (AvgIpc) is 2.29. The van der Waals surface area contributed by atoms with Crippen LogP contribution in [0.3, 0.4) is 0 Å². The molecule has 4 heteroatoms. The van der Waals surface area contributed by atoms with Crippen LogP contribution in [-0.2, 0) is 19.1 Å². The molecule has 4 nitrogen and oxygen atoms in total. The highest BCUT2D eigenvalue weighted by Crippen LogP contribution is 2.07. The lowest BCUT2D eigenvalue weighted by molar-refractivity contribution is -0.145. The van der Waals surface area contributed by atoms with Crippen LogP contribution in [0.15, 0.2) is 11.6 Å². The Kier molecular flexibility index (Phi) is 6.37. The quantitative estimate of drug-likeness (QED) is 0.482. The summed E-state index contributed by atoms with van der Waals surface area (Å²) >= 11 is 0. The first kappa shape index (κ1) is 13.7. The van der Waals surface area contributed by atoms with Crippen LogP contribution in [0, 0.1) is 0 Å². The van der Waals surface area contributed by atoms with E-state index in [1.807, 2.05) is 13.0 Å². The molecule has 0 aromatic heterocycles. The van der Waals surface area contributed by atoms with Crippen LogP contribution in [0.5, 0.6) is 0 Å². The van der Waals surface area contributed by atoms with E-state index in [1.165, 1.54) is 0 Å². The highest BCUT2D eigenvalue weighted by molar-refractivity contribution is 5.70.